The van der Waals surface area contributed by atoms with Gasteiger partial charge in [0.05, 0.1) is 11.3 Å². The van der Waals surface area contributed by atoms with Gasteiger partial charge in [-0.3, -0.25) is 4.79 Å². The van der Waals surface area contributed by atoms with E-state index in [1.807, 2.05) is 11.9 Å². The second-order valence-corrected chi connectivity index (χ2v) is 8.90. The van der Waals surface area contributed by atoms with Gasteiger partial charge in [0.1, 0.15) is 5.82 Å². The average Bonchev–Trinajstić information content (AvgIpc) is 3.05. The minimum absolute atomic E-state index is 0.0861. The maximum atomic E-state index is 14.8. The number of aliphatic carboxylic acids is 1. The fourth-order valence-electron chi connectivity index (χ4n) is 5.26. The molecule has 1 aromatic rings. The molecule has 0 amide bonds. The van der Waals surface area contributed by atoms with Crippen LogP contribution in [0.5, 0.6) is 0 Å². The van der Waals surface area contributed by atoms with Crippen molar-refractivity contribution in [3.63, 3.8) is 0 Å². The molecule has 6 nitrogen and oxygen atoms in total. The molecule has 3 aliphatic heterocycles. The van der Waals surface area contributed by atoms with Crippen LogP contribution in [0.2, 0.25) is 0 Å². The monoisotopic (exact) mass is 392 g/mol. The molecular formula is C20H26F2N4O2. The molecule has 0 spiro atoms. The predicted molar refractivity (Wildman–Crippen MR) is 102 cm³/mol. The van der Waals surface area contributed by atoms with E-state index in [0.717, 1.165) is 13.0 Å². The molecule has 1 aliphatic carbocycles. The SMILES string of the molecule is C[C@H]1CCN1c1nc(N2C[C@@H]3[C@@H](CC(=O)O)[C@@H]3C2)cc2c1N(C)CCC2(F)F. The van der Waals surface area contributed by atoms with Crippen LogP contribution in [-0.4, -0.2) is 55.3 Å². The lowest BCUT2D eigenvalue weighted by Gasteiger charge is -2.44. The van der Waals surface area contributed by atoms with E-state index in [9.17, 15) is 13.6 Å². The van der Waals surface area contributed by atoms with Gasteiger partial charge in [-0.05, 0) is 37.2 Å². The number of alkyl halides is 2. The van der Waals surface area contributed by atoms with Gasteiger partial charge in [-0.2, -0.15) is 0 Å². The fourth-order valence-corrected chi connectivity index (χ4v) is 5.26. The van der Waals surface area contributed by atoms with Crippen LogP contribution < -0.4 is 14.7 Å². The largest absolute Gasteiger partial charge is 0.481 e. The van der Waals surface area contributed by atoms with Gasteiger partial charge in [-0.25, -0.2) is 13.8 Å². The molecule has 28 heavy (non-hydrogen) atoms. The lowest BCUT2D eigenvalue weighted by atomic mass is 9.96. The Morgan fingerprint density at radius 1 is 1.32 bits per heavy atom. The number of carbonyl (C=O) groups is 1. The van der Waals surface area contributed by atoms with Gasteiger partial charge in [0, 0.05) is 52.1 Å². The summed E-state index contributed by atoms with van der Waals surface area (Å²) >= 11 is 0. The normalized spacial score (nSPS) is 32.6. The highest BCUT2D eigenvalue weighted by atomic mass is 19.3. The quantitative estimate of drug-likeness (QED) is 0.850. The molecule has 2 saturated heterocycles. The highest BCUT2D eigenvalue weighted by Crippen LogP contribution is 2.55. The van der Waals surface area contributed by atoms with E-state index < -0.39 is 11.9 Å². The molecule has 152 valence electrons. The zero-order valence-electron chi connectivity index (χ0n) is 16.2. The van der Waals surface area contributed by atoms with Crippen LogP contribution in [-0.2, 0) is 10.7 Å². The van der Waals surface area contributed by atoms with Gasteiger partial charge in [-0.15, -0.1) is 0 Å². The molecule has 1 aromatic heterocycles. The molecule has 1 N–H and O–H groups in total. The Hall–Kier alpha value is -2.12. The average molecular weight is 392 g/mol. The highest BCUT2D eigenvalue weighted by molar-refractivity contribution is 5.77. The summed E-state index contributed by atoms with van der Waals surface area (Å²) in [4.78, 5) is 21.9. The molecule has 0 bridgehead atoms. The standard InChI is InChI=1S/C20H26F2N4O2/c1-11-3-5-26(11)19-18-15(20(21,22)4-6-24(18)2)8-16(23-19)25-9-13-12(7-17(27)28)14(13)10-25/h8,11-14H,3-7,9-10H2,1-2H3,(H,27,28)/t11-,12-,13-,14+/m0/s1. The summed E-state index contributed by atoms with van der Waals surface area (Å²) in [6.07, 6.45) is 1.08. The molecule has 1 saturated carbocycles. The van der Waals surface area contributed by atoms with Crippen LogP contribution in [0.3, 0.4) is 0 Å². The van der Waals surface area contributed by atoms with Crippen molar-refractivity contribution in [1.29, 1.82) is 0 Å². The zero-order valence-corrected chi connectivity index (χ0v) is 16.2. The van der Waals surface area contributed by atoms with Crippen molar-refractivity contribution in [2.75, 3.05) is 47.9 Å². The summed E-state index contributed by atoms with van der Waals surface area (Å²) in [7, 11) is 1.87. The third-order valence-electron chi connectivity index (χ3n) is 7.20. The van der Waals surface area contributed by atoms with E-state index in [1.165, 1.54) is 0 Å². The first kappa shape index (κ1) is 17.9. The number of pyridine rings is 1. The third-order valence-corrected chi connectivity index (χ3v) is 7.20. The molecule has 4 heterocycles. The van der Waals surface area contributed by atoms with E-state index in [2.05, 4.69) is 16.7 Å². The van der Waals surface area contributed by atoms with E-state index in [4.69, 9.17) is 10.1 Å². The lowest BCUT2D eigenvalue weighted by Crippen LogP contribution is -2.48. The molecule has 5 rings (SSSR count). The first-order valence-corrected chi connectivity index (χ1v) is 10.1. The number of piperidine rings is 1. The molecule has 0 aromatic carbocycles. The Morgan fingerprint density at radius 3 is 2.61 bits per heavy atom. The zero-order chi connectivity index (χ0) is 19.8. The summed E-state index contributed by atoms with van der Waals surface area (Å²) < 4.78 is 29.7. The number of carboxylic acids is 1. The van der Waals surface area contributed by atoms with E-state index >= 15 is 0 Å². The number of carboxylic acid groups (broad SMARTS) is 1. The summed E-state index contributed by atoms with van der Waals surface area (Å²) in [6.45, 7) is 4.69. The molecule has 0 unspecified atom stereocenters. The number of halogens is 2. The van der Waals surface area contributed by atoms with Crippen LogP contribution in [0.4, 0.5) is 26.1 Å². The molecule has 4 atom stereocenters. The van der Waals surface area contributed by atoms with Gasteiger partial charge in [0.25, 0.3) is 5.92 Å². The smallest absolute Gasteiger partial charge is 0.303 e. The second kappa shape index (κ2) is 5.94. The number of hydrogen-bond donors (Lipinski definition) is 1. The third kappa shape index (κ3) is 2.63. The Labute approximate surface area is 163 Å². The summed E-state index contributed by atoms with van der Waals surface area (Å²) in [5.41, 5.74) is 0.655. The highest BCUT2D eigenvalue weighted by Gasteiger charge is 2.56. The lowest BCUT2D eigenvalue weighted by molar-refractivity contribution is -0.137. The first-order valence-electron chi connectivity index (χ1n) is 10.1. The van der Waals surface area contributed by atoms with Crippen molar-refractivity contribution in [2.45, 2.75) is 38.2 Å². The Kier molecular flexibility index (Phi) is 3.81. The van der Waals surface area contributed by atoms with Crippen LogP contribution in [0.15, 0.2) is 6.07 Å². The number of fused-ring (bicyclic) bond motifs is 2. The van der Waals surface area contributed by atoms with Gasteiger partial charge in [0.2, 0.25) is 0 Å². The summed E-state index contributed by atoms with van der Waals surface area (Å²) in [5.74, 6) is -1.38. The van der Waals surface area contributed by atoms with Crippen molar-refractivity contribution in [2.24, 2.45) is 17.8 Å². The van der Waals surface area contributed by atoms with Gasteiger partial charge in [0.15, 0.2) is 5.82 Å². The Balaban J connectivity index is 1.49. The number of aromatic nitrogens is 1. The van der Waals surface area contributed by atoms with Crippen molar-refractivity contribution in [1.82, 2.24) is 4.98 Å². The Morgan fingerprint density at radius 2 is 2.04 bits per heavy atom. The number of anilines is 3. The minimum atomic E-state index is -2.85. The van der Waals surface area contributed by atoms with Crippen molar-refractivity contribution in [3.8, 4) is 0 Å². The summed E-state index contributed by atoms with van der Waals surface area (Å²) in [6, 6.07) is 1.89. The maximum absolute atomic E-state index is 14.8. The number of nitrogens with zero attached hydrogens (tertiary/aromatic N) is 4. The van der Waals surface area contributed by atoms with E-state index in [1.54, 1.807) is 6.07 Å². The van der Waals surface area contributed by atoms with Crippen LogP contribution >= 0.6 is 0 Å². The van der Waals surface area contributed by atoms with E-state index in [-0.39, 0.29) is 24.3 Å². The second-order valence-electron chi connectivity index (χ2n) is 8.90. The van der Waals surface area contributed by atoms with E-state index in [0.29, 0.717) is 54.8 Å². The first-order chi connectivity index (χ1) is 13.3. The number of hydrogen-bond acceptors (Lipinski definition) is 5. The van der Waals surface area contributed by atoms with Gasteiger partial charge >= 0.3 is 5.97 Å². The van der Waals surface area contributed by atoms with Crippen LogP contribution in [0, 0.1) is 17.8 Å². The minimum Gasteiger partial charge on any atom is -0.481 e. The summed E-state index contributed by atoms with van der Waals surface area (Å²) in [5, 5.41) is 9.01. The molecular weight excluding hydrogens is 366 g/mol. The topological polar surface area (TPSA) is 59.9 Å². The maximum Gasteiger partial charge on any atom is 0.303 e. The number of rotatable bonds is 4. The molecule has 3 fully saturated rings. The van der Waals surface area contributed by atoms with Crippen molar-refractivity contribution in [3.05, 3.63) is 11.6 Å². The van der Waals surface area contributed by atoms with Gasteiger partial charge in [-0.1, -0.05) is 0 Å². The van der Waals surface area contributed by atoms with Crippen molar-refractivity contribution >= 4 is 23.3 Å². The van der Waals surface area contributed by atoms with Crippen molar-refractivity contribution < 1.29 is 18.7 Å². The molecule has 0 radical (unpaired) electrons. The Bertz CT molecular complexity index is 821. The predicted octanol–water partition coefficient (Wildman–Crippen LogP) is 2.77. The van der Waals surface area contributed by atoms with Gasteiger partial charge < -0.3 is 19.8 Å². The molecule has 8 heteroatoms. The van der Waals surface area contributed by atoms with Crippen LogP contribution in [0.1, 0.15) is 31.7 Å². The van der Waals surface area contributed by atoms with Crippen LogP contribution in [0.25, 0.3) is 0 Å². The molecule has 4 aliphatic rings. The fraction of sp³-hybridized carbons (Fsp3) is 0.700.